The molecule has 0 amide bonds. The van der Waals surface area contributed by atoms with Gasteiger partial charge in [0.05, 0.1) is 30.8 Å². The van der Waals surface area contributed by atoms with Gasteiger partial charge in [0.25, 0.3) is 0 Å². The monoisotopic (exact) mass is 328 g/mol. The second-order valence-corrected chi connectivity index (χ2v) is 6.67. The highest BCUT2D eigenvalue weighted by atomic mass is 16.5. The Bertz CT molecular complexity index is 368. The van der Waals surface area contributed by atoms with Gasteiger partial charge in [0.2, 0.25) is 0 Å². The smallest absolute Gasteiger partial charge is 0.306 e. The molecule has 0 aromatic carbocycles. The van der Waals surface area contributed by atoms with E-state index in [0.29, 0.717) is 12.3 Å². The summed E-state index contributed by atoms with van der Waals surface area (Å²) in [6.45, 7) is 4.22. The number of ether oxygens (including phenoxy) is 2. The number of hydrogen-bond donors (Lipinski definition) is 2. The van der Waals surface area contributed by atoms with Crippen LogP contribution in [-0.4, -0.2) is 47.7 Å². The molecule has 1 aliphatic rings. The molecular formula is C18H32O5. The van der Waals surface area contributed by atoms with Crippen molar-refractivity contribution in [2.45, 2.75) is 83.2 Å². The molecule has 0 fully saturated rings. The summed E-state index contributed by atoms with van der Waals surface area (Å²) in [6.07, 6.45) is 8.42. The van der Waals surface area contributed by atoms with Gasteiger partial charge in [0, 0.05) is 7.11 Å². The molecule has 0 spiro atoms. The molecule has 0 aliphatic carbocycles. The minimum atomic E-state index is -0.835. The average Bonchev–Trinajstić information content (AvgIpc) is 2.46. The Balaban J connectivity index is 2.38. The van der Waals surface area contributed by atoms with Crippen molar-refractivity contribution < 1.29 is 24.5 Å². The number of aliphatic carboxylic acids is 1. The lowest BCUT2D eigenvalue weighted by Gasteiger charge is -2.29. The molecule has 23 heavy (non-hydrogen) atoms. The molecule has 2 N–H and O–H groups in total. The first kappa shape index (κ1) is 20.1. The second-order valence-electron chi connectivity index (χ2n) is 6.67. The number of methoxy groups -OCH3 is 1. The number of carbonyl (C=O) groups is 1. The molecule has 5 nitrogen and oxygen atoms in total. The lowest BCUT2D eigenvalue weighted by Crippen LogP contribution is -2.29. The number of carboxylic acid groups (broad SMARTS) is 1. The number of aliphatic hydroxyl groups is 1. The van der Waals surface area contributed by atoms with Crippen LogP contribution in [0, 0.1) is 5.92 Å². The van der Waals surface area contributed by atoms with Crippen molar-refractivity contribution in [3.8, 4) is 0 Å². The zero-order valence-electron chi connectivity index (χ0n) is 14.6. The number of rotatable bonds is 11. The highest BCUT2D eigenvalue weighted by molar-refractivity contribution is 5.67. The Hall–Kier alpha value is -0.910. The summed E-state index contributed by atoms with van der Waals surface area (Å²) in [6, 6.07) is 0. The Morgan fingerprint density at radius 2 is 2.17 bits per heavy atom. The first-order valence-electron chi connectivity index (χ1n) is 8.69. The first-order chi connectivity index (χ1) is 10.9. The maximum atomic E-state index is 10.8. The zero-order chi connectivity index (χ0) is 17.2. The Morgan fingerprint density at radius 1 is 1.43 bits per heavy atom. The number of aliphatic hydroxyl groups excluding tert-OH is 1. The molecule has 5 atom stereocenters. The summed E-state index contributed by atoms with van der Waals surface area (Å²) in [4.78, 5) is 10.8. The fourth-order valence-electron chi connectivity index (χ4n) is 3.21. The van der Waals surface area contributed by atoms with Gasteiger partial charge in [-0.05, 0) is 38.0 Å². The van der Waals surface area contributed by atoms with Crippen molar-refractivity contribution in [3.63, 3.8) is 0 Å². The summed E-state index contributed by atoms with van der Waals surface area (Å²) in [5.41, 5.74) is 0. The minimum absolute atomic E-state index is 0.0191. The molecular weight excluding hydrogens is 296 g/mol. The van der Waals surface area contributed by atoms with Crippen LogP contribution in [0.25, 0.3) is 0 Å². The van der Waals surface area contributed by atoms with Gasteiger partial charge < -0.3 is 19.7 Å². The van der Waals surface area contributed by atoms with Crippen molar-refractivity contribution >= 4 is 5.97 Å². The van der Waals surface area contributed by atoms with E-state index in [9.17, 15) is 9.90 Å². The second kappa shape index (κ2) is 10.8. The summed E-state index contributed by atoms with van der Waals surface area (Å²) in [7, 11) is 1.69. The van der Waals surface area contributed by atoms with Gasteiger partial charge in [-0.25, -0.2) is 0 Å². The van der Waals surface area contributed by atoms with Crippen LogP contribution < -0.4 is 0 Å². The number of hydrogen-bond acceptors (Lipinski definition) is 4. The largest absolute Gasteiger partial charge is 0.481 e. The maximum absolute atomic E-state index is 10.8. The average molecular weight is 328 g/mol. The van der Waals surface area contributed by atoms with Gasteiger partial charge in [-0.1, -0.05) is 32.4 Å². The highest BCUT2D eigenvalue weighted by Gasteiger charge is 2.24. The predicted molar refractivity (Wildman–Crippen MR) is 89.4 cm³/mol. The molecule has 134 valence electrons. The van der Waals surface area contributed by atoms with Crippen molar-refractivity contribution in [1.82, 2.24) is 0 Å². The van der Waals surface area contributed by atoms with E-state index >= 15 is 0 Å². The van der Waals surface area contributed by atoms with E-state index in [-0.39, 0.29) is 30.8 Å². The molecule has 1 aliphatic heterocycles. The standard InChI is InChI=1S/C18H32O5/c1-4-6-14(19)11-17(22-3)10-13(2)9-15-7-5-8-16(23-15)12-18(20)21/h5,8,13-17,19H,4,6-7,9-12H2,1-3H3,(H,20,21)/t13-,14+,15+,16-,17+/m1/s1. The SMILES string of the molecule is CCC[C@H](O)C[C@H](C[C@H](C)C[C@@H]1CC=C[C@H](CC(=O)O)O1)OC. The molecule has 0 saturated carbocycles. The van der Waals surface area contributed by atoms with Crippen LogP contribution in [0.3, 0.4) is 0 Å². The third kappa shape index (κ3) is 8.49. The van der Waals surface area contributed by atoms with E-state index in [1.807, 2.05) is 12.2 Å². The molecule has 0 aromatic rings. The molecule has 0 saturated heterocycles. The third-order valence-corrected chi connectivity index (χ3v) is 4.31. The molecule has 0 aromatic heterocycles. The van der Waals surface area contributed by atoms with E-state index in [2.05, 4.69) is 13.8 Å². The van der Waals surface area contributed by atoms with E-state index in [1.165, 1.54) is 0 Å². The van der Waals surface area contributed by atoms with Gasteiger partial charge in [-0.2, -0.15) is 0 Å². The van der Waals surface area contributed by atoms with Crippen molar-refractivity contribution in [1.29, 1.82) is 0 Å². The lowest BCUT2D eigenvalue weighted by molar-refractivity contribution is -0.140. The summed E-state index contributed by atoms with van der Waals surface area (Å²) >= 11 is 0. The molecule has 5 heteroatoms. The maximum Gasteiger partial charge on any atom is 0.306 e. The van der Waals surface area contributed by atoms with E-state index < -0.39 is 5.97 Å². The first-order valence-corrected chi connectivity index (χ1v) is 8.69. The summed E-state index contributed by atoms with van der Waals surface area (Å²) < 4.78 is 11.4. The molecule has 1 heterocycles. The fourth-order valence-corrected chi connectivity index (χ4v) is 3.21. The normalized spacial score (nSPS) is 25.0. The number of carboxylic acids is 1. The zero-order valence-corrected chi connectivity index (χ0v) is 14.6. The van der Waals surface area contributed by atoms with Crippen molar-refractivity contribution in [2.24, 2.45) is 5.92 Å². The van der Waals surface area contributed by atoms with Gasteiger partial charge in [0.1, 0.15) is 0 Å². The van der Waals surface area contributed by atoms with E-state index in [1.54, 1.807) is 7.11 Å². The van der Waals surface area contributed by atoms with Crippen LogP contribution >= 0.6 is 0 Å². The topological polar surface area (TPSA) is 76.0 Å². The van der Waals surface area contributed by atoms with Gasteiger partial charge >= 0.3 is 5.97 Å². The quantitative estimate of drug-likeness (QED) is 0.570. The van der Waals surface area contributed by atoms with Crippen LogP contribution in [0.2, 0.25) is 0 Å². The van der Waals surface area contributed by atoms with Gasteiger partial charge in [0.15, 0.2) is 0 Å². The van der Waals surface area contributed by atoms with Crippen molar-refractivity contribution in [3.05, 3.63) is 12.2 Å². The Kier molecular flexibility index (Phi) is 9.44. The van der Waals surface area contributed by atoms with Crippen LogP contribution in [-0.2, 0) is 14.3 Å². The predicted octanol–water partition coefficient (Wildman–Crippen LogP) is 3.16. The molecule has 1 rings (SSSR count). The van der Waals surface area contributed by atoms with Crippen LogP contribution in [0.4, 0.5) is 0 Å². The summed E-state index contributed by atoms with van der Waals surface area (Å²) in [5.74, 6) is -0.437. The van der Waals surface area contributed by atoms with Crippen LogP contribution in [0.15, 0.2) is 12.2 Å². The molecule has 0 bridgehead atoms. The van der Waals surface area contributed by atoms with Crippen molar-refractivity contribution in [2.75, 3.05) is 7.11 Å². The highest BCUT2D eigenvalue weighted by Crippen LogP contribution is 2.25. The van der Waals surface area contributed by atoms with Gasteiger partial charge in [-0.3, -0.25) is 4.79 Å². The third-order valence-electron chi connectivity index (χ3n) is 4.31. The molecule has 0 radical (unpaired) electrons. The molecule has 0 unspecified atom stereocenters. The minimum Gasteiger partial charge on any atom is -0.481 e. The Morgan fingerprint density at radius 3 is 2.78 bits per heavy atom. The van der Waals surface area contributed by atoms with Crippen LogP contribution in [0.1, 0.15) is 58.8 Å². The van der Waals surface area contributed by atoms with E-state index in [4.69, 9.17) is 14.6 Å². The summed E-state index contributed by atoms with van der Waals surface area (Å²) in [5, 5.41) is 18.8. The van der Waals surface area contributed by atoms with E-state index in [0.717, 1.165) is 32.1 Å². The Labute approximate surface area is 139 Å². The van der Waals surface area contributed by atoms with Crippen LogP contribution in [0.5, 0.6) is 0 Å². The van der Waals surface area contributed by atoms with Gasteiger partial charge in [-0.15, -0.1) is 0 Å². The lowest BCUT2D eigenvalue weighted by atomic mass is 9.92. The fraction of sp³-hybridized carbons (Fsp3) is 0.833.